The highest BCUT2D eigenvalue weighted by atomic mass is 35.5. The Morgan fingerprint density at radius 3 is 2.82 bits per heavy atom. The molecule has 6 rings (SSSR count). The predicted molar refractivity (Wildman–Crippen MR) is 168 cm³/mol. The molecule has 4 heterocycles. The molecule has 2 aliphatic rings. The van der Waals surface area contributed by atoms with Crippen molar-refractivity contribution in [3.63, 3.8) is 0 Å². The van der Waals surface area contributed by atoms with E-state index in [2.05, 4.69) is 25.5 Å². The van der Waals surface area contributed by atoms with Gasteiger partial charge in [-0.05, 0) is 61.7 Å². The number of aliphatic hydroxyl groups excluding tert-OH is 1. The molecule has 2 atom stereocenters. The van der Waals surface area contributed by atoms with Gasteiger partial charge in [0, 0.05) is 68.5 Å². The first kappa shape index (κ1) is 30.7. The first-order valence-corrected chi connectivity index (χ1v) is 15.3. The zero-order valence-corrected chi connectivity index (χ0v) is 25.6. The summed E-state index contributed by atoms with van der Waals surface area (Å²) in [6.07, 6.45) is 5.54. The quantitative estimate of drug-likeness (QED) is 0.265. The molecule has 0 radical (unpaired) electrons. The minimum absolute atomic E-state index is 0.00637. The number of ether oxygens (including phenoxy) is 1. The zero-order valence-electron chi connectivity index (χ0n) is 24.8. The fraction of sp³-hybridized carbons (Fsp3) is 0.375. The van der Waals surface area contributed by atoms with Crippen molar-refractivity contribution in [2.75, 3.05) is 57.7 Å². The highest BCUT2D eigenvalue weighted by Crippen LogP contribution is 2.36. The van der Waals surface area contributed by atoms with Crippen LogP contribution in [0.15, 0.2) is 48.9 Å². The van der Waals surface area contributed by atoms with Crippen molar-refractivity contribution >= 4 is 34.7 Å². The molecule has 0 spiro atoms. The fourth-order valence-corrected chi connectivity index (χ4v) is 6.27. The maximum absolute atomic E-state index is 14.8. The number of fused-ring (bicyclic) bond motifs is 1. The molecule has 2 fully saturated rings. The van der Waals surface area contributed by atoms with Gasteiger partial charge in [-0.2, -0.15) is 5.26 Å². The zero-order chi connectivity index (χ0) is 31.5. The van der Waals surface area contributed by atoms with E-state index in [-0.39, 0.29) is 35.3 Å². The number of piperazine rings is 1. The van der Waals surface area contributed by atoms with Gasteiger partial charge in [0.2, 0.25) is 0 Å². The lowest BCUT2D eigenvalue weighted by Crippen LogP contribution is -2.52. The molecule has 2 saturated heterocycles. The van der Waals surface area contributed by atoms with Gasteiger partial charge in [-0.15, -0.1) is 0 Å². The van der Waals surface area contributed by atoms with Crippen LogP contribution in [0, 0.1) is 30.0 Å². The van der Waals surface area contributed by atoms with E-state index in [1.807, 2.05) is 36.1 Å². The molecule has 2 aromatic heterocycles. The van der Waals surface area contributed by atoms with Crippen LogP contribution in [0.5, 0.6) is 5.75 Å². The number of aryl methyl sites for hydroxylation is 1. The Labute approximate surface area is 265 Å². The number of carbonyl (C=O) groups excluding carboxylic acids is 1. The number of β-amino-alcohol motifs (C(OH)–C–C–N with tert-alkyl or cyclic N) is 1. The molecule has 0 aliphatic carbocycles. The van der Waals surface area contributed by atoms with Crippen LogP contribution in [0.4, 0.5) is 15.9 Å². The van der Waals surface area contributed by atoms with Gasteiger partial charge in [-0.3, -0.25) is 14.1 Å². The average molecular weight is 633 g/mol. The van der Waals surface area contributed by atoms with E-state index in [1.54, 1.807) is 29.1 Å². The number of aromatic nitrogens is 3. The fourth-order valence-electron chi connectivity index (χ4n) is 6.02. The number of hydrogen-bond acceptors (Lipinski definition) is 9. The van der Waals surface area contributed by atoms with E-state index in [9.17, 15) is 14.3 Å². The summed E-state index contributed by atoms with van der Waals surface area (Å²) in [5, 5.41) is 25.4. The van der Waals surface area contributed by atoms with Crippen molar-refractivity contribution < 1.29 is 19.0 Å². The van der Waals surface area contributed by atoms with E-state index in [0.717, 1.165) is 43.9 Å². The number of piperidine rings is 1. The summed E-state index contributed by atoms with van der Waals surface area (Å²) >= 11 is 6.35. The Hall–Kier alpha value is -4.28. The van der Waals surface area contributed by atoms with Crippen LogP contribution in [0.1, 0.15) is 22.3 Å². The normalized spacial score (nSPS) is 19.0. The summed E-state index contributed by atoms with van der Waals surface area (Å²) in [5.74, 6) is -0.102. The Bertz CT molecular complexity index is 1750. The van der Waals surface area contributed by atoms with Crippen molar-refractivity contribution in [3.05, 3.63) is 70.9 Å². The third-order valence-corrected chi connectivity index (χ3v) is 8.87. The molecule has 1 amide bonds. The SMILES string of the molecule is Cc1cc(Nc2nccn3c(-c4ccc(OCC#N)c(F)c4Cl)cnc23)ccc1C(=O)N1CCN(CC2CCNC[C@H]2O)CC1. The molecule has 0 bridgehead atoms. The van der Waals surface area contributed by atoms with Gasteiger partial charge in [0.15, 0.2) is 29.6 Å². The summed E-state index contributed by atoms with van der Waals surface area (Å²) in [5.41, 5.74) is 3.68. The van der Waals surface area contributed by atoms with Crippen LogP contribution < -0.4 is 15.4 Å². The molecule has 0 saturated carbocycles. The van der Waals surface area contributed by atoms with Crippen molar-refractivity contribution in [2.24, 2.45) is 5.92 Å². The number of rotatable bonds is 8. The van der Waals surface area contributed by atoms with Gasteiger partial charge >= 0.3 is 0 Å². The van der Waals surface area contributed by atoms with Crippen LogP contribution in [0.3, 0.4) is 0 Å². The van der Waals surface area contributed by atoms with Gasteiger partial charge in [0.25, 0.3) is 5.91 Å². The van der Waals surface area contributed by atoms with Crippen molar-refractivity contribution in [3.8, 4) is 23.1 Å². The summed E-state index contributed by atoms with van der Waals surface area (Å²) < 4.78 is 21.7. The minimum atomic E-state index is -0.754. The van der Waals surface area contributed by atoms with Gasteiger partial charge in [0.05, 0.1) is 23.0 Å². The molecular formula is C32H34ClFN8O3. The van der Waals surface area contributed by atoms with Crippen LogP contribution in [0.2, 0.25) is 5.02 Å². The number of amides is 1. The van der Waals surface area contributed by atoms with E-state index in [0.29, 0.717) is 47.9 Å². The standard InChI is InChI=1S/C32H34ClFN8O3/c1-20-16-22(2-3-23(20)32(44)41-13-11-40(12-14-41)19-21-6-8-36-18-26(21)43)39-30-31-38-17-25(42(31)10-9-37-30)24-4-5-27(45-15-7-35)29(34)28(24)33/h2-5,9-10,16-17,21,26,36,43H,6,8,11-15,18-19H2,1H3,(H,37,39)/t21?,26-/m1/s1. The number of imidazole rings is 1. The van der Waals surface area contributed by atoms with Gasteiger partial charge < -0.3 is 25.4 Å². The third-order valence-electron chi connectivity index (χ3n) is 8.50. The lowest BCUT2D eigenvalue weighted by Gasteiger charge is -2.38. The van der Waals surface area contributed by atoms with Gasteiger partial charge in [-0.25, -0.2) is 14.4 Å². The molecule has 1 unspecified atom stereocenters. The largest absolute Gasteiger partial charge is 0.476 e. The first-order valence-electron chi connectivity index (χ1n) is 14.9. The van der Waals surface area contributed by atoms with Crippen molar-refractivity contribution in [1.82, 2.24) is 29.5 Å². The summed E-state index contributed by atoms with van der Waals surface area (Å²) in [6, 6.07) is 10.4. The smallest absolute Gasteiger partial charge is 0.254 e. The molecule has 4 aromatic rings. The van der Waals surface area contributed by atoms with E-state index in [4.69, 9.17) is 21.6 Å². The number of aliphatic hydroxyl groups is 1. The molecular weight excluding hydrogens is 599 g/mol. The molecule has 2 aromatic carbocycles. The second-order valence-corrected chi connectivity index (χ2v) is 11.7. The third kappa shape index (κ3) is 6.43. The van der Waals surface area contributed by atoms with Crippen LogP contribution >= 0.6 is 11.6 Å². The van der Waals surface area contributed by atoms with Crippen molar-refractivity contribution in [1.29, 1.82) is 5.26 Å². The van der Waals surface area contributed by atoms with E-state index < -0.39 is 5.82 Å². The van der Waals surface area contributed by atoms with Crippen molar-refractivity contribution in [2.45, 2.75) is 19.4 Å². The van der Waals surface area contributed by atoms with Gasteiger partial charge in [-0.1, -0.05) is 11.6 Å². The minimum Gasteiger partial charge on any atom is -0.476 e. The molecule has 13 heteroatoms. The second kappa shape index (κ2) is 13.4. The molecule has 3 N–H and O–H groups in total. The number of carbonyl (C=O) groups is 1. The first-order chi connectivity index (χ1) is 21.8. The number of hydrogen-bond donors (Lipinski definition) is 3. The Morgan fingerprint density at radius 1 is 1.24 bits per heavy atom. The monoisotopic (exact) mass is 632 g/mol. The highest BCUT2D eigenvalue weighted by Gasteiger charge is 2.28. The topological polar surface area (TPSA) is 131 Å². The van der Waals surface area contributed by atoms with E-state index in [1.165, 1.54) is 6.07 Å². The number of nitrogens with one attached hydrogen (secondary N) is 2. The summed E-state index contributed by atoms with van der Waals surface area (Å²) in [4.78, 5) is 26.6. The summed E-state index contributed by atoms with van der Waals surface area (Å²) in [6.45, 7) is 6.94. The average Bonchev–Trinajstić information content (AvgIpc) is 3.48. The Morgan fingerprint density at radius 2 is 2.07 bits per heavy atom. The number of benzene rings is 2. The van der Waals surface area contributed by atoms with Crippen LogP contribution in [-0.4, -0.2) is 93.7 Å². The van der Waals surface area contributed by atoms with Crippen LogP contribution in [0.25, 0.3) is 16.9 Å². The van der Waals surface area contributed by atoms with Crippen LogP contribution in [-0.2, 0) is 0 Å². The maximum Gasteiger partial charge on any atom is 0.254 e. The second-order valence-electron chi connectivity index (χ2n) is 11.4. The molecule has 45 heavy (non-hydrogen) atoms. The number of halogens is 2. The number of anilines is 2. The lowest BCUT2D eigenvalue weighted by atomic mass is 9.94. The van der Waals surface area contributed by atoms with E-state index >= 15 is 0 Å². The maximum atomic E-state index is 14.8. The molecule has 2 aliphatic heterocycles. The van der Waals surface area contributed by atoms with Gasteiger partial charge in [0.1, 0.15) is 6.07 Å². The molecule has 234 valence electrons. The number of nitrogens with zero attached hydrogens (tertiary/aromatic N) is 6. The number of nitriles is 1. The molecule has 11 nitrogen and oxygen atoms in total. The predicted octanol–water partition coefficient (Wildman–Crippen LogP) is 3.87. The Balaban J connectivity index is 1.13. The highest BCUT2D eigenvalue weighted by molar-refractivity contribution is 6.33. The summed E-state index contributed by atoms with van der Waals surface area (Å²) in [7, 11) is 0. The lowest BCUT2D eigenvalue weighted by molar-refractivity contribution is 0.0370. The Kier molecular flexibility index (Phi) is 9.14.